The molecule has 4 heterocycles. The fourth-order valence-corrected chi connectivity index (χ4v) is 7.44. The van der Waals surface area contributed by atoms with E-state index in [-0.39, 0.29) is 21.1 Å². The van der Waals surface area contributed by atoms with Crippen molar-refractivity contribution in [3.63, 3.8) is 0 Å². The van der Waals surface area contributed by atoms with Crippen LogP contribution in [-0.4, -0.2) is 24.1 Å². The molecule has 0 fully saturated rings. The number of nitrogens with zero attached hydrogens (tertiary/aromatic N) is 7. The molecule has 0 unspecified atom stereocenters. The third-order valence-electron chi connectivity index (χ3n) is 10.5. The van der Waals surface area contributed by atoms with Gasteiger partial charge < -0.3 is 25.0 Å². The molecule has 0 amide bonds. The van der Waals surface area contributed by atoms with Crippen LogP contribution in [0.25, 0.3) is 32.9 Å². The normalized spacial score (nSPS) is 12.1. The van der Waals surface area contributed by atoms with Gasteiger partial charge in [-0.1, -0.05) is 84.0 Å². The van der Waals surface area contributed by atoms with Crippen molar-refractivity contribution >= 4 is 50.4 Å². The Labute approximate surface area is 358 Å². The first-order chi connectivity index (χ1) is 27.4. The molecule has 9 heteroatoms. The second-order valence-electron chi connectivity index (χ2n) is 15.6. The van der Waals surface area contributed by atoms with Crippen LogP contribution in [-0.2, 0) is 21.1 Å². The average molecular weight is 946 g/mol. The van der Waals surface area contributed by atoms with Crippen LogP contribution in [0.3, 0.4) is 0 Å². The summed E-state index contributed by atoms with van der Waals surface area (Å²) in [5.74, 6) is 2.11. The summed E-state index contributed by atoms with van der Waals surface area (Å²) in [6.45, 7) is 19.8. The Kier molecular flexibility index (Phi) is 12.9. The minimum absolute atomic E-state index is 0. The zero-order valence-corrected chi connectivity index (χ0v) is 36.9. The quantitative estimate of drug-likeness (QED) is 0.143. The summed E-state index contributed by atoms with van der Waals surface area (Å²) in [4.78, 5) is 20.0. The summed E-state index contributed by atoms with van der Waals surface area (Å²) < 4.78 is 0. The van der Waals surface area contributed by atoms with E-state index in [1.54, 1.807) is 6.07 Å². The minimum atomic E-state index is 0. The molecular weight excluding hydrogens is 896 g/mol. The first kappa shape index (κ1) is 42.0. The SMILES string of the molecule is Cc1ncccc1N(C)[CH-]Nc1[c-]c(N2[CH-]N(C)c3cccnc32)cc(-c2c(C(C)C)cc(C(C)C)cc2C(C)C)c1.N#Cc1ccc2[n-]c3ccccc3c2c1.[Pt+4]. The molecule has 8 rings (SSSR count). The predicted molar refractivity (Wildman–Crippen MR) is 237 cm³/mol. The first-order valence-electron chi connectivity index (χ1n) is 19.6. The molecule has 4 aromatic carbocycles. The van der Waals surface area contributed by atoms with Crippen LogP contribution in [0.1, 0.15) is 87.2 Å². The van der Waals surface area contributed by atoms with Crippen LogP contribution in [0.2, 0.25) is 0 Å². The number of para-hydroxylation sites is 1. The number of aromatic nitrogens is 3. The van der Waals surface area contributed by atoms with E-state index in [9.17, 15) is 0 Å². The van der Waals surface area contributed by atoms with Crippen LogP contribution in [0.15, 0.2) is 103 Å². The Bertz CT molecular complexity index is 2550. The molecule has 7 aromatic rings. The maximum absolute atomic E-state index is 8.84. The van der Waals surface area contributed by atoms with Gasteiger partial charge in [-0.25, -0.2) is 4.98 Å². The van der Waals surface area contributed by atoms with Gasteiger partial charge in [0.1, 0.15) is 5.82 Å². The molecule has 1 aliphatic heterocycles. The molecule has 0 saturated heterocycles. The molecule has 1 N–H and O–H groups in total. The Hall–Kier alpha value is -5.64. The van der Waals surface area contributed by atoms with Gasteiger partial charge in [0.05, 0.1) is 17.3 Å². The number of nitrogens with one attached hydrogen (secondary N) is 1. The molecule has 0 saturated carbocycles. The number of aryl methyl sites for hydroxylation is 1. The van der Waals surface area contributed by atoms with Crippen LogP contribution < -0.4 is 25.0 Å². The fraction of sp³-hybridized carbons (Fsp3) is 0.245. The molecule has 0 radical (unpaired) electrons. The van der Waals surface area contributed by atoms with Crippen LogP contribution in [0.5, 0.6) is 0 Å². The molecule has 296 valence electrons. The van der Waals surface area contributed by atoms with Crippen molar-refractivity contribution < 1.29 is 21.1 Å². The number of hydrogen-bond donors (Lipinski definition) is 1. The van der Waals surface area contributed by atoms with E-state index in [1.807, 2.05) is 81.6 Å². The third kappa shape index (κ3) is 8.61. The number of fused-ring (bicyclic) bond motifs is 4. The molecule has 0 bridgehead atoms. The van der Waals surface area contributed by atoms with Gasteiger partial charge in [-0.2, -0.15) is 18.6 Å². The van der Waals surface area contributed by atoms with E-state index in [0.29, 0.717) is 23.3 Å². The van der Waals surface area contributed by atoms with Crippen molar-refractivity contribution in [1.82, 2.24) is 15.0 Å². The number of benzene rings is 4. The molecule has 1 aliphatic rings. The van der Waals surface area contributed by atoms with E-state index in [4.69, 9.17) is 10.2 Å². The summed E-state index contributed by atoms with van der Waals surface area (Å²) in [5.41, 5.74) is 14.2. The van der Waals surface area contributed by atoms with Crippen molar-refractivity contribution in [3.05, 3.63) is 151 Å². The summed E-state index contributed by atoms with van der Waals surface area (Å²) in [7, 11) is 4.09. The number of nitriles is 1. The molecule has 0 spiro atoms. The second kappa shape index (κ2) is 17.9. The summed E-state index contributed by atoms with van der Waals surface area (Å²) in [6.07, 6.45) is 3.67. The van der Waals surface area contributed by atoms with E-state index < -0.39 is 0 Å². The molecular formula is C49H50N8Pt. The van der Waals surface area contributed by atoms with Gasteiger partial charge in [0.2, 0.25) is 0 Å². The maximum atomic E-state index is 8.84. The number of pyridine rings is 2. The summed E-state index contributed by atoms with van der Waals surface area (Å²) in [6, 6.07) is 36.8. The van der Waals surface area contributed by atoms with Crippen molar-refractivity contribution in [2.24, 2.45) is 0 Å². The molecule has 0 aliphatic carbocycles. The Balaban J connectivity index is 0.000000294. The molecule has 3 aromatic heterocycles. The monoisotopic (exact) mass is 945 g/mol. The Morgan fingerprint density at radius 3 is 2.21 bits per heavy atom. The fourth-order valence-electron chi connectivity index (χ4n) is 7.44. The van der Waals surface area contributed by atoms with Crippen LogP contribution >= 0.6 is 0 Å². The van der Waals surface area contributed by atoms with Gasteiger partial charge in [-0.3, -0.25) is 4.98 Å². The largest absolute Gasteiger partial charge is 4.00 e. The topological polar surface area (TPSA) is 85.4 Å². The third-order valence-corrected chi connectivity index (χ3v) is 10.5. The zero-order valence-electron chi connectivity index (χ0n) is 34.6. The van der Waals surface area contributed by atoms with Crippen LogP contribution in [0.4, 0.5) is 28.6 Å². The number of hydrogen-bond acceptors (Lipinski definition) is 7. The van der Waals surface area contributed by atoms with Gasteiger partial charge in [0.15, 0.2) is 0 Å². The maximum Gasteiger partial charge on any atom is 4.00 e. The van der Waals surface area contributed by atoms with Crippen LogP contribution in [0, 0.1) is 37.7 Å². The standard InChI is InChI=1S/C36H43N6.C13H7N2.Pt/c1-23(2)27-18-31(24(3)4)35(32(19-27)25(5)6)28-16-29(39-21-40(8)33-12-10-14-37-26(33)7)20-30(17-28)42-22-41(9)34-13-11-15-38-36(34)42;14-8-9-5-6-13-11(7-9)10-3-1-2-4-12(10)15-13;/h10-19,21-25,39H,1-9H3;1-7H;/q-3;-1;+4. The minimum Gasteiger partial charge on any atom is -0.657 e. The van der Waals surface area contributed by atoms with E-state index in [2.05, 4.69) is 134 Å². The Morgan fingerprint density at radius 2 is 1.52 bits per heavy atom. The molecule has 58 heavy (non-hydrogen) atoms. The van der Waals surface area contributed by atoms with E-state index in [0.717, 1.165) is 56.1 Å². The average Bonchev–Trinajstić information content (AvgIpc) is 3.76. The van der Waals surface area contributed by atoms with E-state index in [1.165, 1.54) is 27.8 Å². The van der Waals surface area contributed by atoms with Gasteiger partial charge >= 0.3 is 21.1 Å². The van der Waals surface area contributed by atoms with E-state index >= 15 is 0 Å². The summed E-state index contributed by atoms with van der Waals surface area (Å²) >= 11 is 0. The van der Waals surface area contributed by atoms with Gasteiger partial charge in [-0.05, 0) is 108 Å². The number of anilines is 5. The van der Waals surface area contributed by atoms with Crippen molar-refractivity contribution in [1.29, 1.82) is 5.26 Å². The first-order valence-corrected chi connectivity index (χ1v) is 19.6. The van der Waals surface area contributed by atoms with Crippen molar-refractivity contribution in [3.8, 4) is 17.2 Å². The van der Waals surface area contributed by atoms with Crippen molar-refractivity contribution in [2.45, 2.75) is 66.2 Å². The zero-order chi connectivity index (χ0) is 40.4. The van der Waals surface area contributed by atoms with Gasteiger partial charge in [0.25, 0.3) is 0 Å². The van der Waals surface area contributed by atoms with Gasteiger partial charge in [0, 0.05) is 23.8 Å². The molecule has 8 nitrogen and oxygen atoms in total. The Morgan fingerprint density at radius 1 is 0.828 bits per heavy atom. The molecule has 0 atom stereocenters. The number of rotatable bonds is 9. The van der Waals surface area contributed by atoms with Crippen molar-refractivity contribution in [2.75, 3.05) is 34.1 Å². The van der Waals surface area contributed by atoms with Gasteiger partial charge in [-0.15, -0.1) is 46.2 Å². The predicted octanol–water partition coefficient (Wildman–Crippen LogP) is 11.8. The second-order valence-corrected chi connectivity index (χ2v) is 15.6. The summed E-state index contributed by atoms with van der Waals surface area (Å²) in [5, 5.41) is 14.6. The smallest absolute Gasteiger partial charge is 0.657 e.